The summed E-state index contributed by atoms with van der Waals surface area (Å²) in [6.07, 6.45) is 2.42. The number of nitrogens with one attached hydrogen (secondary N) is 1. The fourth-order valence-corrected chi connectivity index (χ4v) is 2.36. The molecule has 1 aliphatic heterocycles. The van der Waals surface area contributed by atoms with Crippen LogP contribution in [0.15, 0.2) is 24.3 Å². The summed E-state index contributed by atoms with van der Waals surface area (Å²) in [5.41, 5.74) is 2.64. The van der Waals surface area contributed by atoms with Crippen LogP contribution >= 0.6 is 0 Å². The van der Waals surface area contributed by atoms with Crippen LogP contribution in [-0.4, -0.2) is 33.3 Å². The fourth-order valence-electron chi connectivity index (χ4n) is 2.36. The Hall–Kier alpha value is -1.06. The zero-order chi connectivity index (χ0) is 11.9. The van der Waals surface area contributed by atoms with Crippen molar-refractivity contribution in [1.29, 1.82) is 0 Å². The van der Waals surface area contributed by atoms with Crippen molar-refractivity contribution in [2.75, 3.05) is 38.2 Å². The van der Waals surface area contributed by atoms with Crippen molar-refractivity contribution >= 4 is 5.69 Å². The maximum Gasteiger partial charge on any atom is 0.0733 e. The molecule has 0 spiro atoms. The van der Waals surface area contributed by atoms with Crippen molar-refractivity contribution in [3.63, 3.8) is 0 Å². The highest BCUT2D eigenvalue weighted by molar-refractivity contribution is 5.53. The predicted molar refractivity (Wildman–Crippen MR) is 71.5 cm³/mol. The monoisotopic (exact) mass is 234 g/mol. The summed E-state index contributed by atoms with van der Waals surface area (Å²) in [6, 6.07) is 8.58. The molecule has 1 saturated heterocycles. The molecule has 17 heavy (non-hydrogen) atoms. The summed E-state index contributed by atoms with van der Waals surface area (Å²) in [5, 5.41) is 3.45. The van der Waals surface area contributed by atoms with Gasteiger partial charge in [-0.05, 0) is 32.0 Å². The number of rotatable bonds is 3. The molecule has 0 bridgehead atoms. The summed E-state index contributed by atoms with van der Waals surface area (Å²) < 4.78 is 5.28. The second-order valence-corrected chi connectivity index (χ2v) is 4.51. The van der Waals surface area contributed by atoms with Gasteiger partial charge in [-0.2, -0.15) is 0 Å². The maximum absolute atomic E-state index is 5.28. The van der Waals surface area contributed by atoms with Gasteiger partial charge in [0.15, 0.2) is 0 Å². The van der Waals surface area contributed by atoms with Crippen LogP contribution in [0.4, 0.5) is 5.69 Å². The third-order valence-electron chi connectivity index (χ3n) is 3.20. The number of ether oxygens (including phenoxy) is 1. The van der Waals surface area contributed by atoms with E-state index in [1.165, 1.54) is 24.1 Å². The standard InChI is InChI=1S/C14H22N2O/c1-17-12-13-6-2-3-7-14(13)16-10-4-8-15-9-5-11-16/h2-3,6-7,15H,4-5,8-12H2,1H3. The first-order valence-corrected chi connectivity index (χ1v) is 6.44. The number of para-hydroxylation sites is 1. The van der Waals surface area contributed by atoms with Crippen molar-refractivity contribution < 1.29 is 4.74 Å². The molecule has 0 radical (unpaired) electrons. The predicted octanol–water partition coefficient (Wildman–Crippen LogP) is 2.02. The van der Waals surface area contributed by atoms with E-state index in [0.29, 0.717) is 6.61 Å². The topological polar surface area (TPSA) is 24.5 Å². The minimum Gasteiger partial charge on any atom is -0.380 e. The second-order valence-electron chi connectivity index (χ2n) is 4.51. The Kier molecular flexibility index (Phi) is 4.83. The van der Waals surface area contributed by atoms with Crippen LogP contribution in [0.3, 0.4) is 0 Å². The van der Waals surface area contributed by atoms with Crippen molar-refractivity contribution in [2.24, 2.45) is 0 Å². The van der Waals surface area contributed by atoms with Crippen LogP contribution < -0.4 is 10.2 Å². The summed E-state index contributed by atoms with van der Waals surface area (Å²) in [6.45, 7) is 5.22. The number of methoxy groups -OCH3 is 1. The van der Waals surface area contributed by atoms with E-state index in [4.69, 9.17) is 4.74 Å². The summed E-state index contributed by atoms with van der Waals surface area (Å²) >= 11 is 0. The molecule has 0 atom stereocenters. The highest BCUT2D eigenvalue weighted by atomic mass is 16.5. The SMILES string of the molecule is COCc1ccccc1N1CCCNCCC1. The molecule has 94 valence electrons. The highest BCUT2D eigenvalue weighted by Crippen LogP contribution is 2.22. The molecule has 0 aromatic heterocycles. The Morgan fingerprint density at radius 1 is 1.18 bits per heavy atom. The largest absolute Gasteiger partial charge is 0.380 e. The second kappa shape index (κ2) is 6.62. The first-order valence-electron chi connectivity index (χ1n) is 6.44. The van der Waals surface area contributed by atoms with E-state index in [9.17, 15) is 0 Å². The Morgan fingerprint density at radius 2 is 1.88 bits per heavy atom. The third-order valence-corrected chi connectivity index (χ3v) is 3.20. The molecular weight excluding hydrogens is 212 g/mol. The molecule has 0 aliphatic carbocycles. The zero-order valence-electron chi connectivity index (χ0n) is 10.6. The molecule has 1 aromatic carbocycles. The van der Waals surface area contributed by atoms with Gasteiger partial charge in [-0.15, -0.1) is 0 Å². The average molecular weight is 234 g/mol. The summed E-state index contributed by atoms with van der Waals surface area (Å²) in [4.78, 5) is 2.50. The van der Waals surface area contributed by atoms with Gasteiger partial charge in [0, 0.05) is 31.5 Å². The lowest BCUT2D eigenvalue weighted by molar-refractivity contribution is 0.185. The summed E-state index contributed by atoms with van der Waals surface area (Å²) in [7, 11) is 1.76. The smallest absolute Gasteiger partial charge is 0.0733 e. The fraction of sp³-hybridized carbons (Fsp3) is 0.571. The molecule has 3 nitrogen and oxygen atoms in total. The normalized spacial score (nSPS) is 17.6. The van der Waals surface area contributed by atoms with Crippen molar-refractivity contribution in [3.05, 3.63) is 29.8 Å². The lowest BCUT2D eigenvalue weighted by Crippen LogP contribution is -2.34. The number of hydrogen-bond acceptors (Lipinski definition) is 3. The molecule has 1 fully saturated rings. The van der Waals surface area contributed by atoms with E-state index in [-0.39, 0.29) is 0 Å². The molecule has 1 aliphatic rings. The van der Waals surface area contributed by atoms with Crippen LogP contribution in [0.25, 0.3) is 0 Å². The minimum absolute atomic E-state index is 0.699. The van der Waals surface area contributed by atoms with Gasteiger partial charge in [0.2, 0.25) is 0 Å². The number of benzene rings is 1. The summed E-state index contributed by atoms with van der Waals surface area (Å²) in [5.74, 6) is 0. The molecule has 0 amide bonds. The molecule has 2 rings (SSSR count). The number of hydrogen-bond donors (Lipinski definition) is 1. The van der Waals surface area contributed by atoms with Gasteiger partial charge in [-0.3, -0.25) is 0 Å². The van der Waals surface area contributed by atoms with Crippen LogP contribution in [-0.2, 0) is 11.3 Å². The molecule has 1 aromatic rings. The van der Waals surface area contributed by atoms with Crippen LogP contribution in [0.1, 0.15) is 18.4 Å². The van der Waals surface area contributed by atoms with E-state index >= 15 is 0 Å². The van der Waals surface area contributed by atoms with Crippen molar-refractivity contribution in [1.82, 2.24) is 5.32 Å². The van der Waals surface area contributed by atoms with Crippen LogP contribution in [0.2, 0.25) is 0 Å². The maximum atomic E-state index is 5.28. The average Bonchev–Trinajstić information content (AvgIpc) is 2.30. The van der Waals surface area contributed by atoms with Gasteiger partial charge in [-0.1, -0.05) is 18.2 Å². The lowest BCUT2D eigenvalue weighted by Gasteiger charge is -2.29. The van der Waals surface area contributed by atoms with E-state index in [1.54, 1.807) is 7.11 Å². The van der Waals surface area contributed by atoms with E-state index < -0.39 is 0 Å². The molecule has 0 saturated carbocycles. The lowest BCUT2D eigenvalue weighted by atomic mass is 10.1. The van der Waals surface area contributed by atoms with Gasteiger partial charge >= 0.3 is 0 Å². The zero-order valence-corrected chi connectivity index (χ0v) is 10.6. The van der Waals surface area contributed by atoms with Crippen molar-refractivity contribution in [2.45, 2.75) is 19.4 Å². The third kappa shape index (κ3) is 3.45. The quantitative estimate of drug-likeness (QED) is 0.866. The van der Waals surface area contributed by atoms with Crippen LogP contribution in [0.5, 0.6) is 0 Å². The molecule has 3 heteroatoms. The van der Waals surface area contributed by atoms with Crippen molar-refractivity contribution in [3.8, 4) is 0 Å². The highest BCUT2D eigenvalue weighted by Gasteiger charge is 2.11. The first kappa shape index (κ1) is 12.4. The van der Waals surface area contributed by atoms with E-state index in [1.807, 2.05) is 0 Å². The Bertz CT molecular complexity index is 333. The number of nitrogens with zero attached hydrogens (tertiary/aromatic N) is 1. The Balaban J connectivity index is 2.12. The van der Waals surface area contributed by atoms with Gasteiger partial charge < -0.3 is 15.0 Å². The Morgan fingerprint density at radius 3 is 2.59 bits per heavy atom. The Labute approximate surface area is 104 Å². The van der Waals surface area contributed by atoms with Gasteiger partial charge in [0.25, 0.3) is 0 Å². The van der Waals surface area contributed by atoms with Gasteiger partial charge in [-0.25, -0.2) is 0 Å². The van der Waals surface area contributed by atoms with Gasteiger partial charge in [0.1, 0.15) is 0 Å². The molecule has 0 unspecified atom stereocenters. The molecule has 1 N–H and O–H groups in total. The van der Waals surface area contributed by atoms with Gasteiger partial charge in [0.05, 0.1) is 6.61 Å². The number of anilines is 1. The molecule has 1 heterocycles. The first-order chi connectivity index (χ1) is 8.42. The van der Waals surface area contributed by atoms with Crippen LogP contribution in [0, 0.1) is 0 Å². The minimum atomic E-state index is 0.699. The van der Waals surface area contributed by atoms with E-state index in [0.717, 1.165) is 26.2 Å². The van der Waals surface area contributed by atoms with E-state index in [2.05, 4.69) is 34.5 Å². The molecular formula is C14H22N2O.